The lowest BCUT2D eigenvalue weighted by Gasteiger charge is -2.14. The second-order valence-electron chi connectivity index (χ2n) is 8.54. The molecule has 0 aliphatic rings. The zero-order valence-electron chi connectivity index (χ0n) is 20.4. The second kappa shape index (κ2) is 16.4. The molecule has 5 heteroatoms. The van der Waals surface area contributed by atoms with Crippen molar-refractivity contribution in [3.8, 4) is 0 Å². The number of nitrogens with one attached hydrogen (secondary N) is 1. The van der Waals surface area contributed by atoms with Gasteiger partial charge in [-0.05, 0) is 78.9 Å². The standard InChI is InChI=1S/C27H40N2O2S/c1-21(2)10-8-11-23(5)12-9-13-24(16-15-22(3)4)17-19-32-20-25(27(30)31)29-26-14-6-7-18-28-26/h6-7,10,12,14-15,17-18,25H,8-9,11,13,16,19-20H2,1-5H3,(H,28,29)(H,30,31). The summed E-state index contributed by atoms with van der Waals surface area (Å²) in [6.07, 6.45) is 16.1. The van der Waals surface area contributed by atoms with E-state index in [9.17, 15) is 9.90 Å². The van der Waals surface area contributed by atoms with Gasteiger partial charge in [-0.25, -0.2) is 9.78 Å². The first-order chi connectivity index (χ1) is 15.3. The maximum atomic E-state index is 11.6. The van der Waals surface area contributed by atoms with E-state index in [0.29, 0.717) is 11.6 Å². The molecule has 1 unspecified atom stereocenters. The number of hydrogen-bond donors (Lipinski definition) is 2. The molecule has 0 radical (unpaired) electrons. The topological polar surface area (TPSA) is 62.2 Å². The van der Waals surface area contributed by atoms with Crippen LogP contribution in [-0.4, -0.2) is 33.6 Å². The second-order valence-corrected chi connectivity index (χ2v) is 9.62. The van der Waals surface area contributed by atoms with Gasteiger partial charge in [0.15, 0.2) is 0 Å². The fourth-order valence-electron chi connectivity index (χ4n) is 2.98. The molecule has 32 heavy (non-hydrogen) atoms. The number of thioether (sulfide) groups is 1. The van der Waals surface area contributed by atoms with Gasteiger partial charge >= 0.3 is 5.97 Å². The van der Waals surface area contributed by atoms with Crippen molar-refractivity contribution in [3.05, 3.63) is 71.0 Å². The van der Waals surface area contributed by atoms with E-state index in [1.54, 1.807) is 24.0 Å². The summed E-state index contributed by atoms with van der Waals surface area (Å²) in [6, 6.07) is 4.79. The quantitative estimate of drug-likeness (QED) is 0.212. The Balaban J connectivity index is 2.58. The smallest absolute Gasteiger partial charge is 0.327 e. The SMILES string of the molecule is CC(C)=CCCC(C)=CCCC(=CCSCC(Nc1ccccn1)C(=O)O)CC=C(C)C. The Bertz CT molecular complexity index is 802. The van der Waals surface area contributed by atoms with Crippen LogP contribution in [0.15, 0.2) is 71.0 Å². The minimum atomic E-state index is -0.856. The van der Waals surface area contributed by atoms with E-state index in [1.807, 2.05) is 12.1 Å². The summed E-state index contributed by atoms with van der Waals surface area (Å²) in [7, 11) is 0. The van der Waals surface area contributed by atoms with Crippen molar-refractivity contribution in [2.75, 3.05) is 16.8 Å². The lowest BCUT2D eigenvalue weighted by molar-refractivity contribution is -0.137. The van der Waals surface area contributed by atoms with Crippen LogP contribution in [-0.2, 0) is 4.79 Å². The van der Waals surface area contributed by atoms with Gasteiger partial charge in [-0.3, -0.25) is 0 Å². The van der Waals surface area contributed by atoms with Crippen molar-refractivity contribution in [2.45, 2.75) is 72.8 Å². The summed E-state index contributed by atoms with van der Waals surface area (Å²) in [5.41, 5.74) is 5.56. The third-order valence-electron chi connectivity index (χ3n) is 4.88. The molecule has 1 rings (SSSR count). The summed E-state index contributed by atoms with van der Waals surface area (Å²) in [4.78, 5) is 15.8. The number of carboxylic acids is 1. The zero-order valence-corrected chi connectivity index (χ0v) is 21.2. The van der Waals surface area contributed by atoms with Crippen LogP contribution in [0.5, 0.6) is 0 Å². The number of pyridine rings is 1. The molecule has 0 fully saturated rings. The average Bonchev–Trinajstić information content (AvgIpc) is 2.73. The van der Waals surface area contributed by atoms with Crippen molar-refractivity contribution in [1.82, 2.24) is 4.98 Å². The zero-order chi connectivity index (χ0) is 23.8. The van der Waals surface area contributed by atoms with E-state index in [0.717, 1.165) is 37.9 Å². The molecule has 0 aliphatic heterocycles. The number of carboxylic acid groups (broad SMARTS) is 1. The molecule has 0 saturated heterocycles. The number of allylic oxidation sites excluding steroid dienone is 7. The highest BCUT2D eigenvalue weighted by atomic mass is 32.2. The molecular weight excluding hydrogens is 416 g/mol. The molecule has 0 aliphatic carbocycles. The van der Waals surface area contributed by atoms with Gasteiger partial charge in [-0.15, -0.1) is 0 Å². The average molecular weight is 457 g/mol. The molecule has 1 aromatic rings. The number of carbonyl (C=O) groups is 1. The highest BCUT2D eigenvalue weighted by molar-refractivity contribution is 7.99. The normalized spacial score (nSPS) is 12.8. The minimum absolute atomic E-state index is 0.488. The molecule has 1 atom stereocenters. The minimum Gasteiger partial charge on any atom is -0.480 e. The highest BCUT2D eigenvalue weighted by Crippen LogP contribution is 2.17. The van der Waals surface area contributed by atoms with Crippen LogP contribution in [0.25, 0.3) is 0 Å². The van der Waals surface area contributed by atoms with Gasteiger partial charge in [0, 0.05) is 17.7 Å². The fourth-order valence-corrected chi connectivity index (χ4v) is 3.93. The van der Waals surface area contributed by atoms with Crippen LogP contribution in [0.1, 0.15) is 66.7 Å². The molecule has 0 spiro atoms. The van der Waals surface area contributed by atoms with Crippen molar-refractivity contribution < 1.29 is 9.90 Å². The maximum absolute atomic E-state index is 11.6. The Morgan fingerprint density at radius 1 is 1.03 bits per heavy atom. The molecule has 2 N–H and O–H groups in total. The van der Waals surface area contributed by atoms with Crippen LogP contribution in [0.3, 0.4) is 0 Å². The number of aliphatic carboxylic acids is 1. The summed E-state index contributed by atoms with van der Waals surface area (Å²) in [5, 5.41) is 12.5. The van der Waals surface area contributed by atoms with E-state index >= 15 is 0 Å². The monoisotopic (exact) mass is 456 g/mol. The van der Waals surface area contributed by atoms with Gasteiger partial charge in [0.25, 0.3) is 0 Å². The van der Waals surface area contributed by atoms with Gasteiger partial charge in [0.2, 0.25) is 0 Å². The summed E-state index contributed by atoms with van der Waals surface area (Å²) in [6.45, 7) is 10.8. The molecule has 1 aromatic heterocycles. The van der Waals surface area contributed by atoms with Gasteiger partial charge in [0.1, 0.15) is 11.9 Å². The largest absolute Gasteiger partial charge is 0.480 e. The van der Waals surface area contributed by atoms with Crippen LogP contribution < -0.4 is 5.32 Å². The van der Waals surface area contributed by atoms with E-state index in [4.69, 9.17) is 0 Å². The molecule has 1 heterocycles. The maximum Gasteiger partial charge on any atom is 0.327 e. The lowest BCUT2D eigenvalue weighted by Crippen LogP contribution is -2.32. The van der Waals surface area contributed by atoms with E-state index in [2.05, 4.69) is 69.2 Å². The number of rotatable bonds is 15. The number of nitrogens with zero attached hydrogens (tertiary/aromatic N) is 1. The lowest BCUT2D eigenvalue weighted by atomic mass is 10.0. The molecule has 0 saturated carbocycles. The van der Waals surface area contributed by atoms with Crippen LogP contribution in [0, 0.1) is 0 Å². The highest BCUT2D eigenvalue weighted by Gasteiger charge is 2.17. The third-order valence-corrected chi connectivity index (χ3v) is 5.85. The molecule has 4 nitrogen and oxygen atoms in total. The van der Waals surface area contributed by atoms with Gasteiger partial charge in [-0.2, -0.15) is 11.8 Å². The first-order valence-electron chi connectivity index (χ1n) is 11.4. The van der Waals surface area contributed by atoms with Crippen LogP contribution >= 0.6 is 11.8 Å². The van der Waals surface area contributed by atoms with Gasteiger partial charge in [0.05, 0.1) is 0 Å². The molecule has 0 bridgehead atoms. The van der Waals surface area contributed by atoms with Crippen molar-refractivity contribution in [3.63, 3.8) is 0 Å². The molecule has 0 aromatic carbocycles. The Hall–Kier alpha value is -2.27. The third kappa shape index (κ3) is 13.9. The van der Waals surface area contributed by atoms with Crippen molar-refractivity contribution >= 4 is 23.5 Å². The molecular formula is C27H40N2O2S. The first kappa shape index (κ1) is 27.8. The van der Waals surface area contributed by atoms with Crippen LogP contribution in [0.2, 0.25) is 0 Å². The first-order valence-corrected chi connectivity index (χ1v) is 12.5. The Labute approximate surface area is 199 Å². The van der Waals surface area contributed by atoms with Gasteiger partial charge < -0.3 is 10.4 Å². The molecule has 176 valence electrons. The van der Waals surface area contributed by atoms with E-state index < -0.39 is 12.0 Å². The Morgan fingerprint density at radius 3 is 2.38 bits per heavy atom. The summed E-state index contributed by atoms with van der Waals surface area (Å²) in [5.74, 6) is 1.03. The van der Waals surface area contributed by atoms with Crippen molar-refractivity contribution in [2.24, 2.45) is 0 Å². The van der Waals surface area contributed by atoms with Crippen molar-refractivity contribution in [1.29, 1.82) is 0 Å². The van der Waals surface area contributed by atoms with Gasteiger partial charge in [-0.1, -0.05) is 52.7 Å². The number of hydrogen-bond acceptors (Lipinski definition) is 4. The molecule has 0 amide bonds. The fraction of sp³-hybridized carbons (Fsp3) is 0.481. The summed E-state index contributed by atoms with van der Waals surface area (Å²) < 4.78 is 0. The van der Waals surface area contributed by atoms with Crippen LogP contribution in [0.4, 0.5) is 5.82 Å². The van der Waals surface area contributed by atoms with E-state index in [-0.39, 0.29) is 0 Å². The Kier molecular flexibility index (Phi) is 14.2. The van der Waals surface area contributed by atoms with E-state index in [1.165, 1.54) is 22.3 Å². The predicted octanol–water partition coefficient (Wildman–Crippen LogP) is 7.44. The Morgan fingerprint density at radius 2 is 1.75 bits per heavy atom. The summed E-state index contributed by atoms with van der Waals surface area (Å²) >= 11 is 1.63. The predicted molar refractivity (Wildman–Crippen MR) is 140 cm³/mol. The number of aromatic nitrogens is 1. The number of anilines is 1.